The second-order valence-electron chi connectivity index (χ2n) is 38.0. The Bertz CT molecular complexity index is 12600. The molecule has 3 nitrogen and oxygen atoms in total. The van der Waals surface area contributed by atoms with Gasteiger partial charge in [-0.1, -0.05) is 442 Å². The van der Waals surface area contributed by atoms with E-state index >= 15 is 0 Å². The molecular formula is C146H88O3. The van der Waals surface area contributed by atoms with Gasteiger partial charge in [-0.2, -0.15) is 0 Å². The monoisotopic (exact) mass is 1910 g/mol. The van der Waals surface area contributed by atoms with Crippen molar-refractivity contribution in [1.29, 1.82) is 0 Å². The lowest BCUT2D eigenvalue weighted by atomic mass is 9.83. The first-order valence-electron chi connectivity index (χ1n) is 61.4. The van der Waals surface area contributed by atoms with E-state index in [1.165, 1.54) is 0 Å². The molecule has 0 amide bonds. The minimum atomic E-state index is -0.428. The van der Waals surface area contributed by atoms with Gasteiger partial charge in [-0.3, -0.25) is 0 Å². The normalized spacial score (nSPS) is 14.1. The third-order valence-corrected chi connectivity index (χ3v) is 29.8. The van der Waals surface area contributed by atoms with Crippen LogP contribution in [0, 0.1) is 0 Å². The van der Waals surface area contributed by atoms with Gasteiger partial charge in [0.2, 0.25) is 0 Å². The van der Waals surface area contributed by atoms with E-state index in [0.29, 0.717) is 66.8 Å². The van der Waals surface area contributed by atoms with Crippen LogP contribution in [0.4, 0.5) is 0 Å². The van der Waals surface area contributed by atoms with E-state index in [2.05, 4.69) is 97.1 Å². The Labute approximate surface area is 891 Å². The second kappa shape index (κ2) is 34.6. The Hall–Kier alpha value is -19.6. The molecule has 690 valence electrons. The van der Waals surface area contributed by atoms with E-state index in [1.807, 2.05) is 291 Å². The average molecular weight is 1910 g/mol. The average Bonchev–Trinajstić information content (AvgIpc) is 1.16. The van der Waals surface area contributed by atoms with E-state index in [0.717, 1.165) is 185 Å². The summed E-state index contributed by atoms with van der Waals surface area (Å²) in [5.74, 6) is 0. The maximum absolute atomic E-state index is 9.45. The molecule has 0 unspecified atom stereocenters. The zero-order chi connectivity index (χ0) is 119. The second-order valence-corrected chi connectivity index (χ2v) is 38.0. The van der Waals surface area contributed by atoms with Gasteiger partial charge >= 0.3 is 0 Å². The maximum atomic E-state index is 9.45. The molecule has 0 bridgehead atoms. The van der Waals surface area contributed by atoms with Crippen molar-refractivity contribution in [3.63, 3.8) is 0 Å². The highest BCUT2D eigenvalue weighted by Crippen LogP contribution is 2.52. The topological polar surface area (TPSA) is 39.4 Å². The molecule has 0 N–H and O–H groups in total. The number of furan rings is 3. The lowest BCUT2D eigenvalue weighted by Crippen LogP contribution is -1.92. The summed E-state index contributed by atoms with van der Waals surface area (Å²) in [6.07, 6.45) is 0. The number of fused-ring (bicyclic) bond motifs is 25. The highest BCUT2D eigenvalue weighted by molar-refractivity contribution is 6.29. The molecule has 0 atom stereocenters. The van der Waals surface area contributed by atoms with Crippen LogP contribution in [0.5, 0.6) is 0 Å². The van der Waals surface area contributed by atoms with Crippen LogP contribution >= 0.6 is 0 Å². The predicted molar refractivity (Wildman–Crippen MR) is 635 cm³/mol. The Balaban J connectivity index is 0.000000114. The molecule has 32 aromatic rings. The van der Waals surface area contributed by atoms with Crippen molar-refractivity contribution < 1.29 is 46.1 Å². The summed E-state index contributed by atoms with van der Waals surface area (Å²) in [5.41, 5.74) is 15.6. The third-order valence-electron chi connectivity index (χ3n) is 29.8. The van der Waals surface area contributed by atoms with Crippen molar-refractivity contribution in [2.75, 3.05) is 0 Å². The van der Waals surface area contributed by atoms with Crippen molar-refractivity contribution in [2.24, 2.45) is 0 Å². The summed E-state index contributed by atoms with van der Waals surface area (Å²) in [6, 6.07) is 119. The lowest BCUT2D eigenvalue weighted by molar-refractivity contribution is 0.669. The van der Waals surface area contributed by atoms with Gasteiger partial charge in [-0.25, -0.2) is 0 Å². The smallest absolute Gasteiger partial charge is 0.136 e. The molecule has 0 aliphatic rings. The van der Waals surface area contributed by atoms with Gasteiger partial charge in [0.25, 0.3) is 0 Å². The summed E-state index contributed by atoms with van der Waals surface area (Å²) in [4.78, 5) is 0. The fraction of sp³-hybridized carbons (Fsp3) is 0. The molecule has 0 fully saturated rings. The van der Waals surface area contributed by atoms with Crippen molar-refractivity contribution in [1.82, 2.24) is 0 Å². The number of hydrogen-bond acceptors (Lipinski definition) is 3. The van der Waals surface area contributed by atoms with Crippen LogP contribution in [0.3, 0.4) is 0 Å². The molecule has 3 heteroatoms. The van der Waals surface area contributed by atoms with E-state index in [1.54, 1.807) is 0 Å². The van der Waals surface area contributed by atoms with Crippen LogP contribution in [0.25, 0.3) is 317 Å². The van der Waals surface area contributed by atoms with Gasteiger partial charge in [-0.05, 0) is 342 Å². The lowest BCUT2D eigenvalue weighted by Gasteiger charge is -2.19. The summed E-state index contributed by atoms with van der Waals surface area (Å²) >= 11 is 0. The van der Waals surface area contributed by atoms with Crippen LogP contribution in [0.1, 0.15) is 32.9 Å². The predicted octanol–water partition coefficient (Wildman–Crippen LogP) is 41.9. The zero-order valence-electron chi connectivity index (χ0n) is 103. The minimum absolute atomic E-state index is 0.187. The van der Waals surface area contributed by atoms with Crippen LogP contribution in [0.15, 0.2) is 547 Å². The molecule has 32 rings (SSSR count). The molecule has 0 aliphatic carbocycles. The molecule has 3 aromatic heterocycles. The van der Waals surface area contributed by atoms with Crippen molar-refractivity contribution >= 4 is 217 Å². The first-order chi connectivity index (χ1) is 83.8. The van der Waals surface area contributed by atoms with Crippen LogP contribution in [-0.2, 0) is 0 Å². The Kier molecular flexibility index (Phi) is 14.9. The first kappa shape index (κ1) is 64.1. The molecule has 29 aromatic carbocycles. The Morgan fingerprint density at radius 2 is 0.336 bits per heavy atom. The molecule has 0 radical (unpaired) electrons. The van der Waals surface area contributed by atoms with E-state index in [4.69, 9.17) is 29.7 Å². The number of rotatable bonds is 9. The van der Waals surface area contributed by atoms with Gasteiger partial charge in [0.05, 0.1) is 32.9 Å². The summed E-state index contributed by atoms with van der Waals surface area (Å²) in [6.45, 7) is 0. The minimum Gasteiger partial charge on any atom is -0.456 e. The van der Waals surface area contributed by atoms with E-state index < -0.39 is 72.5 Å². The van der Waals surface area contributed by atoms with Crippen molar-refractivity contribution in [3.8, 4) is 100 Å². The van der Waals surface area contributed by atoms with Crippen LogP contribution < -0.4 is 0 Å². The van der Waals surface area contributed by atoms with Gasteiger partial charge in [0.15, 0.2) is 0 Å². The Morgan fingerprint density at radius 1 is 0.114 bits per heavy atom. The summed E-state index contributed by atoms with van der Waals surface area (Å²) < 4.78 is 237. The molecule has 0 saturated carbocycles. The number of hydrogen-bond donors (Lipinski definition) is 0. The van der Waals surface area contributed by atoms with Gasteiger partial charge in [0, 0.05) is 32.3 Å². The fourth-order valence-corrected chi connectivity index (χ4v) is 22.8. The highest BCUT2D eigenvalue weighted by atomic mass is 16.3. The van der Waals surface area contributed by atoms with Gasteiger partial charge in [-0.15, -0.1) is 0 Å². The summed E-state index contributed by atoms with van der Waals surface area (Å²) in [7, 11) is 0. The van der Waals surface area contributed by atoms with E-state index in [-0.39, 0.29) is 137 Å². The van der Waals surface area contributed by atoms with Gasteiger partial charge < -0.3 is 13.3 Å². The standard InChI is InChI=1S/2C50H30O.C46H28O/c1-2-11-35-30-48-46(28-34(35)10-1)45-29-36(24-26-47(45)51-48)31-17-20-33(21-18-31)49-41-13-5-7-15-43(41)50(44-16-8-6-14-42(44)49)38-23-25-40-37(27-38)22-19-32-9-3-4-12-39(32)40;1-2-12-34-30-48-45(27-33(34)11-1)44-28-35(25-26-47(44)51-48)31-21-23-32(24-22-31)49-40-17-7-9-19-42(40)50(43-20-10-8-18-41(43)49)46-29-36-13-3-4-14-37(36)38-15-5-6-16-39(38)46;1-2-10-32-25-36(22-19-29(32)9-1)46-39-15-7-5-13-37(39)45(38-14-6-8-16-40(38)46)31-20-17-30(18-21-31)35-23-24-43-41(27-35)42-26-33-11-3-4-12-34(33)28-44(42)47-43/h2*1-30H;1-28H/i5D,6D,7D,8D,13D,14D,15D,16D;7D,8D,9D,10D,17D,18D,19D,20D;5D,6D,7D,8D,13D,14D,15D,16D. The highest BCUT2D eigenvalue weighted by Gasteiger charge is 2.25. The van der Waals surface area contributed by atoms with Crippen LogP contribution in [0.2, 0.25) is 0 Å². The van der Waals surface area contributed by atoms with Crippen molar-refractivity contribution in [3.05, 3.63) is 533 Å². The maximum Gasteiger partial charge on any atom is 0.136 e. The SMILES string of the molecule is [2H]c1c([2H])c([2H])c2c(-c3cc4ccccc4c4ccccc34)c3c([2H])c([2H])c([2H])c([2H])c3c(-c3ccc(-c4ccc5oc6cc7ccccc7cc6c5c4)cc3)c2c1[2H].[2H]c1c([2H])c([2H])c2c(-c3ccc4c(ccc5ccccc54)c3)c3c([2H])c([2H])c([2H])c([2H])c3c(-c3ccc(-c4ccc5oc6cc7ccccc7cc6c5c4)cc3)c2c1[2H].[2H]c1c([2H])c([2H])c2c(-c3ccc4ccccc4c3)c3c([2H])c([2H])c([2H])c([2H])c3c(-c3ccc(-c4ccc5oc6cc7ccccc7cc6c5c4)cc3)c2c1[2H]. The Morgan fingerprint density at radius 3 is 0.698 bits per heavy atom. The summed E-state index contributed by atoms with van der Waals surface area (Å²) in [5, 5.41) is 24.4. The molecule has 0 aliphatic heterocycles. The zero-order valence-corrected chi connectivity index (χ0v) is 79.2. The number of benzene rings is 29. The molecule has 3 heterocycles. The molecular weight excluding hydrogens is 1800 g/mol. The molecule has 149 heavy (non-hydrogen) atoms. The largest absolute Gasteiger partial charge is 0.456 e. The molecule has 0 saturated heterocycles. The fourth-order valence-electron chi connectivity index (χ4n) is 22.8. The van der Waals surface area contributed by atoms with Crippen LogP contribution in [-0.4, -0.2) is 0 Å². The van der Waals surface area contributed by atoms with Crippen molar-refractivity contribution in [2.45, 2.75) is 0 Å². The molecule has 0 spiro atoms. The first-order valence-corrected chi connectivity index (χ1v) is 49.4. The quantitative estimate of drug-likeness (QED) is 0.107. The third kappa shape index (κ3) is 14.3. The van der Waals surface area contributed by atoms with E-state index in [9.17, 15) is 16.4 Å². The van der Waals surface area contributed by atoms with Gasteiger partial charge in [0.1, 0.15) is 33.5 Å².